The Bertz CT molecular complexity index is 254. The second kappa shape index (κ2) is 7.26. The molecule has 1 amide bonds. The second-order valence-electron chi connectivity index (χ2n) is 3.98. The molecule has 0 radical (unpaired) electrons. The van der Waals surface area contributed by atoms with Gasteiger partial charge in [-0.3, -0.25) is 4.79 Å². The molecule has 0 bridgehead atoms. The van der Waals surface area contributed by atoms with Gasteiger partial charge in [0, 0.05) is 13.1 Å². The molecular formula is C12H20N2O2. The van der Waals surface area contributed by atoms with Gasteiger partial charge in [-0.25, -0.2) is 0 Å². The van der Waals surface area contributed by atoms with Gasteiger partial charge in [0.15, 0.2) is 0 Å². The highest BCUT2D eigenvalue weighted by Crippen LogP contribution is 2.02. The van der Waals surface area contributed by atoms with Crippen molar-refractivity contribution < 1.29 is 9.53 Å². The van der Waals surface area contributed by atoms with Gasteiger partial charge in [0.1, 0.15) is 0 Å². The van der Waals surface area contributed by atoms with E-state index in [4.69, 9.17) is 11.2 Å². The molecule has 4 nitrogen and oxygen atoms in total. The van der Waals surface area contributed by atoms with Gasteiger partial charge in [0.2, 0.25) is 5.91 Å². The number of hydrogen-bond acceptors (Lipinski definition) is 3. The number of hydrogen-bond donors (Lipinski definition) is 2. The van der Waals surface area contributed by atoms with Gasteiger partial charge in [0.05, 0.1) is 25.2 Å². The first-order valence-electron chi connectivity index (χ1n) is 5.84. The van der Waals surface area contributed by atoms with Crippen LogP contribution in [0.15, 0.2) is 0 Å². The maximum absolute atomic E-state index is 11.6. The molecule has 4 heteroatoms. The molecule has 0 saturated carbocycles. The zero-order chi connectivity index (χ0) is 11.8. The summed E-state index contributed by atoms with van der Waals surface area (Å²) in [5, 5.41) is 6.02. The van der Waals surface area contributed by atoms with Crippen LogP contribution in [0.3, 0.4) is 0 Å². The van der Waals surface area contributed by atoms with E-state index in [1.807, 2.05) is 6.92 Å². The highest BCUT2D eigenvalue weighted by molar-refractivity contribution is 5.77. The molecule has 90 valence electrons. The van der Waals surface area contributed by atoms with E-state index in [2.05, 4.69) is 16.6 Å². The minimum absolute atomic E-state index is 0.0196. The third kappa shape index (κ3) is 4.65. The lowest BCUT2D eigenvalue weighted by atomic mass is 10.1. The van der Waals surface area contributed by atoms with Gasteiger partial charge in [-0.1, -0.05) is 19.3 Å². The standard InChI is InChI=1S/C12H20N2O2/c1-3-5-10(4-2)14-12(15)8-11-9-13-6-7-16-11/h2,10-11,13H,3,5-9H2,1H3,(H,14,15). The van der Waals surface area contributed by atoms with Gasteiger partial charge >= 0.3 is 0 Å². The highest BCUT2D eigenvalue weighted by Gasteiger charge is 2.18. The van der Waals surface area contributed by atoms with E-state index in [-0.39, 0.29) is 18.1 Å². The topological polar surface area (TPSA) is 50.4 Å². The number of nitrogens with one attached hydrogen (secondary N) is 2. The molecule has 1 saturated heterocycles. The summed E-state index contributed by atoms with van der Waals surface area (Å²) in [5.41, 5.74) is 0. The Kier molecular flexibility index (Phi) is 5.91. The van der Waals surface area contributed by atoms with Crippen LogP contribution >= 0.6 is 0 Å². The molecule has 16 heavy (non-hydrogen) atoms. The fourth-order valence-corrected chi connectivity index (χ4v) is 1.70. The summed E-state index contributed by atoms with van der Waals surface area (Å²) in [5.74, 6) is 2.56. The number of carbonyl (C=O) groups excluding carboxylic acids is 1. The minimum Gasteiger partial charge on any atom is -0.375 e. The number of terminal acetylenes is 1. The Balaban J connectivity index is 2.26. The van der Waals surface area contributed by atoms with E-state index < -0.39 is 0 Å². The van der Waals surface area contributed by atoms with E-state index in [0.29, 0.717) is 13.0 Å². The first-order valence-corrected chi connectivity index (χ1v) is 5.84. The van der Waals surface area contributed by atoms with E-state index in [1.165, 1.54) is 0 Å². The fraction of sp³-hybridized carbons (Fsp3) is 0.750. The van der Waals surface area contributed by atoms with E-state index >= 15 is 0 Å². The van der Waals surface area contributed by atoms with Gasteiger partial charge in [0.25, 0.3) is 0 Å². The van der Waals surface area contributed by atoms with Crippen molar-refractivity contribution in [3.8, 4) is 12.3 Å². The molecule has 2 unspecified atom stereocenters. The Labute approximate surface area is 97.1 Å². The molecule has 1 aliphatic heterocycles. The average molecular weight is 224 g/mol. The van der Waals surface area contributed by atoms with Crippen LogP contribution in [0.25, 0.3) is 0 Å². The van der Waals surface area contributed by atoms with Crippen molar-refractivity contribution >= 4 is 5.91 Å². The average Bonchev–Trinajstić information content (AvgIpc) is 2.29. The number of morpholine rings is 1. The zero-order valence-electron chi connectivity index (χ0n) is 9.79. The Morgan fingerprint density at radius 1 is 1.75 bits per heavy atom. The van der Waals surface area contributed by atoms with Crippen LogP contribution in [0, 0.1) is 12.3 Å². The van der Waals surface area contributed by atoms with E-state index in [1.54, 1.807) is 0 Å². The van der Waals surface area contributed by atoms with Crippen molar-refractivity contribution in [2.45, 2.75) is 38.3 Å². The lowest BCUT2D eigenvalue weighted by Crippen LogP contribution is -2.43. The Hall–Kier alpha value is -1.05. The first-order chi connectivity index (χ1) is 7.76. The molecular weight excluding hydrogens is 204 g/mol. The molecule has 1 heterocycles. The third-order valence-electron chi connectivity index (χ3n) is 2.53. The van der Waals surface area contributed by atoms with Crippen LogP contribution in [-0.4, -0.2) is 37.7 Å². The van der Waals surface area contributed by atoms with Crippen molar-refractivity contribution in [1.82, 2.24) is 10.6 Å². The SMILES string of the molecule is C#CC(CCC)NC(=O)CC1CNCCO1. The van der Waals surface area contributed by atoms with Gasteiger partial charge in [-0.05, 0) is 6.42 Å². The highest BCUT2D eigenvalue weighted by atomic mass is 16.5. The minimum atomic E-state index is -0.144. The molecule has 0 aromatic rings. The number of ether oxygens (including phenoxy) is 1. The molecule has 2 atom stereocenters. The first kappa shape index (κ1) is 13.0. The maximum atomic E-state index is 11.6. The predicted octanol–water partition coefficient (Wildman–Crippen LogP) is 0.283. The number of rotatable bonds is 5. The van der Waals surface area contributed by atoms with Gasteiger partial charge < -0.3 is 15.4 Å². The normalized spacial score (nSPS) is 22.1. The summed E-state index contributed by atoms with van der Waals surface area (Å²) in [6, 6.07) is -0.144. The van der Waals surface area contributed by atoms with Crippen LogP contribution in [-0.2, 0) is 9.53 Å². The largest absolute Gasteiger partial charge is 0.375 e. The lowest BCUT2D eigenvalue weighted by Gasteiger charge is -2.23. The Morgan fingerprint density at radius 3 is 3.12 bits per heavy atom. The summed E-state index contributed by atoms with van der Waals surface area (Å²) >= 11 is 0. The van der Waals surface area contributed by atoms with Crippen molar-refractivity contribution in [2.24, 2.45) is 0 Å². The fourth-order valence-electron chi connectivity index (χ4n) is 1.70. The van der Waals surface area contributed by atoms with Crippen molar-refractivity contribution in [1.29, 1.82) is 0 Å². The predicted molar refractivity (Wildman–Crippen MR) is 62.9 cm³/mol. The monoisotopic (exact) mass is 224 g/mol. The lowest BCUT2D eigenvalue weighted by molar-refractivity contribution is -0.124. The van der Waals surface area contributed by atoms with Crippen LogP contribution in [0.2, 0.25) is 0 Å². The summed E-state index contributed by atoms with van der Waals surface area (Å²) in [7, 11) is 0. The van der Waals surface area contributed by atoms with Gasteiger partial charge in [-0.2, -0.15) is 0 Å². The van der Waals surface area contributed by atoms with Crippen molar-refractivity contribution in [2.75, 3.05) is 19.7 Å². The Morgan fingerprint density at radius 2 is 2.56 bits per heavy atom. The smallest absolute Gasteiger partial charge is 0.223 e. The van der Waals surface area contributed by atoms with E-state index in [9.17, 15) is 4.79 Å². The summed E-state index contributed by atoms with van der Waals surface area (Å²) in [6.45, 7) is 4.32. The molecule has 0 aromatic carbocycles. The van der Waals surface area contributed by atoms with Crippen molar-refractivity contribution in [3.05, 3.63) is 0 Å². The quantitative estimate of drug-likeness (QED) is 0.660. The van der Waals surface area contributed by atoms with Crippen LogP contribution in [0.5, 0.6) is 0 Å². The van der Waals surface area contributed by atoms with Crippen molar-refractivity contribution in [3.63, 3.8) is 0 Å². The van der Waals surface area contributed by atoms with Crippen LogP contribution in [0.1, 0.15) is 26.2 Å². The molecule has 0 aromatic heterocycles. The number of carbonyl (C=O) groups is 1. The molecule has 2 N–H and O–H groups in total. The van der Waals surface area contributed by atoms with Crippen LogP contribution in [0.4, 0.5) is 0 Å². The summed E-state index contributed by atoms with van der Waals surface area (Å²) in [6.07, 6.45) is 7.49. The molecule has 1 rings (SSSR count). The molecule has 1 aliphatic rings. The third-order valence-corrected chi connectivity index (χ3v) is 2.53. The van der Waals surface area contributed by atoms with Crippen LogP contribution < -0.4 is 10.6 Å². The number of amides is 1. The van der Waals surface area contributed by atoms with Gasteiger partial charge in [-0.15, -0.1) is 6.42 Å². The summed E-state index contributed by atoms with van der Waals surface area (Å²) in [4.78, 5) is 11.6. The van der Waals surface area contributed by atoms with E-state index in [0.717, 1.165) is 25.9 Å². The molecule has 0 spiro atoms. The maximum Gasteiger partial charge on any atom is 0.223 e. The zero-order valence-corrected chi connectivity index (χ0v) is 9.79. The summed E-state index contributed by atoms with van der Waals surface area (Å²) < 4.78 is 5.45. The second-order valence-corrected chi connectivity index (χ2v) is 3.98. The molecule has 0 aliphatic carbocycles. The molecule has 1 fully saturated rings.